The summed E-state index contributed by atoms with van der Waals surface area (Å²) < 4.78 is 1.51. The molecule has 2 rings (SSSR count). The molecule has 6 nitrogen and oxygen atoms in total. The summed E-state index contributed by atoms with van der Waals surface area (Å²) in [7, 11) is 0. The number of aromatic nitrogens is 2. The Bertz CT molecular complexity index is 661. The van der Waals surface area contributed by atoms with Crippen molar-refractivity contribution < 1.29 is 14.7 Å². The Labute approximate surface area is 142 Å². The largest absolute Gasteiger partial charge is 0.480 e. The van der Waals surface area contributed by atoms with Gasteiger partial charge >= 0.3 is 5.97 Å². The highest BCUT2D eigenvalue weighted by atomic mass is 127. The number of amides is 1. The normalized spacial score (nSPS) is 11.9. The summed E-state index contributed by atoms with van der Waals surface area (Å²) in [6, 6.07) is 4.26. The molecule has 0 fully saturated rings. The summed E-state index contributed by atoms with van der Waals surface area (Å²) in [5, 5.41) is 11.7. The van der Waals surface area contributed by atoms with E-state index >= 15 is 0 Å². The first-order valence-electron chi connectivity index (χ1n) is 5.93. The zero-order valence-electron chi connectivity index (χ0n) is 10.6. The van der Waals surface area contributed by atoms with Gasteiger partial charge in [-0.15, -0.1) is 0 Å². The van der Waals surface area contributed by atoms with Crippen LogP contribution >= 0.6 is 38.5 Å². The van der Waals surface area contributed by atoms with Crippen LogP contribution in [-0.2, 0) is 11.2 Å². The summed E-state index contributed by atoms with van der Waals surface area (Å²) in [4.78, 5) is 30.2. The standard InChI is InChI=1S/C13H11BrIN3O3/c14-10-2-1-7(15)3-9(10)12(19)18-11(13(20)21)4-8-5-16-6-17-8/h1-3,5-6,11H,4H2,(H,16,17)(H,18,19)(H,20,21)/t11-/m0/s1. The minimum atomic E-state index is -1.10. The summed E-state index contributed by atoms with van der Waals surface area (Å²) in [5.41, 5.74) is 1.04. The molecule has 110 valence electrons. The second-order valence-corrected chi connectivity index (χ2v) is 6.37. The fourth-order valence-electron chi connectivity index (χ4n) is 1.72. The Balaban J connectivity index is 2.14. The molecule has 1 atom stereocenters. The number of hydrogen-bond donors (Lipinski definition) is 3. The SMILES string of the molecule is O=C(N[C@@H](Cc1cnc[nH]1)C(=O)O)c1cc(I)ccc1Br. The number of imidazole rings is 1. The first kappa shape index (κ1) is 16.0. The minimum absolute atomic E-state index is 0.141. The second-order valence-electron chi connectivity index (χ2n) is 4.27. The van der Waals surface area contributed by atoms with Crippen molar-refractivity contribution in [2.24, 2.45) is 0 Å². The third-order valence-corrected chi connectivity index (χ3v) is 4.12. The van der Waals surface area contributed by atoms with Gasteiger partial charge in [0.05, 0.1) is 11.9 Å². The van der Waals surface area contributed by atoms with Crippen LogP contribution in [0.3, 0.4) is 0 Å². The number of carboxylic acids is 1. The van der Waals surface area contributed by atoms with Gasteiger partial charge in [0, 0.05) is 26.4 Å². The van der Waals surface area contributed by atoms with Crippen molar-refractivity contribution in [3.8, 4) is 0 Å². The third kappa shape index (κ3) is 4.27. The van der Waals surface area contributed by atoms with E-state index in [0.717, 1.165) is 3.57 Å². The van der Waals surface area contributed by atoms with Crippen molar-refractivity contribution in [2.75, 3.05) is 0 Å². The van der Waals surface area contributed by atoms with E-state index in [2.05, 4.69) is 53.8 Å². The van der Waals surface area contributed by atoms with Gasteiger partial charge in [0.1, 0.15) is 6.04 Å². The molecular formula is C13H11BrIN3O3. The molecule has 0 radical (unpaired) electrons. The van der Waals surface area contributed by atoms with E-state index in [0.29, 0.717) is 15.7 Å². The third-order valence-electron chi connectivity index (χ3n) is 2.76. The van der Waals surface area contributed by atoms with Crippen molar-refractivity contribution in [1.82, 2.24) is 15.3 Å². The lowest BCUT2D eigenvalue weighted by atomic mass is 10.1. The van der Waals surface area contributed by atoms with Crippen LogP contribution in [0.2, 0.25) is 0 Å². The van der Waals surface area contributed by atoms with Crippen LogP contribution in [-0.4, -0.2) is 33.0 Å². The van der Waals surface area contributed by atoms with E-state index in [4.69, 9.17) is 0 Å². The van der Waals surface area contributed by atoms with E-state index in [1.165, 1.54) is 12.5 Å². The fraction of sp³-hybridized carbons (Fsp3) is 0.154. The number of nitrogens with zero attached hydrogens (tertiary/aromatic N) is 1. The molecule has 3 N–H and O–H groups in total. The highest BCUT2D eigenvalue weighted by Crippen LogP contribution is 2.19. The molecule has 1 heterocycles. The van der Waals surface area contributed by atoms with Crippen LogP contribution < -0.4 is 5.32 Å². The van der Waals surface area contributed by atoms with Gasteiger partial charge in [0.2, 0.25) is 0 Å². The highest BCUT2D eigenvalue weighted by Gasteiger charge is 2.22. The van der Waals surface area contributed by atoms with E-state index in [1.807, 2.05) is 6.07 Å². The number of aliphatic carboxylic acids is 1. The maximum Gasteiger partial charge on any atom is 0.326 e. The average Bonchev–Trinajstić information content (AvgIpc) is 2.93. The molecule has 8 heteroatoms. The van der Waals surface area contributed by atoms with Gasteiger partial charge in [-0.05, 0) is 56.7 Å². The number of carboxylic acid groups (broad SMARTS) is 1. The van der Waals surface area contributed by atoms with E-state index in [9.17, 15) is 14.7 Å². The van der Waals surface area contributed by atoms with Crippen LogP contribution in [0.15, 0.2) is 35.2 Å². The molecule has 0 aliphatic rings. The van der Waals surface area contributed by atoms with Gasteiger partial charge in [0.25, 0.3) is 5.91 Å². The Morgan fingerprint density at radius 1 is 1.48 bits per heavy atom. The number of halogens is 2. The summed E-state index contributed by atoms with van der Waals surface area (Å²) in [6.07, 6.45) is 3.14. The Morgan fingerprint density at radius 2 is 2.24 bits per heavy atom. The quantitative estimate of drug-likeness (QED) is 0.592. The van der Waals surface area contributed by atoms with Gasteiger partial charge in [-0.3, -0.25) is 4.79 Å². The predicted octanol–water partition coefficient (Wildman–Crippen LogP) is 2.20. The minimum Gasteiger partial charge on any atom is -0.480 e. The van der Waals surface area contributed by atoms with Gasteiger partial charge in [-0.25, -0.2) is 9.78 Å². The number of nitrogens with one attached hydrogen (secondary N) is 2. The summed E-state index contributed by atoms with van der Waals surface area (Å²) in [6.45, 7) is 0. The topological polar surface area (TPSA) is 95.1 Å². The Hall–Kier alpha value is -1.42. The molecule has 1 aromatic heterocycles. The second kappa shape index (κ2) is 7.03. The number of carbonyl (C=O) groups is 2. The Morgan fingerprint density at radius 3 is 2.86 bits per heavy atom. The van der Waals surface area contributed by atoms with Crippen LogP contribution in [0, 0.1) is 3.57 Å². The van der Waals surface area contributed by atoms with E-state index in [-0.39, 0.29) is 6.42 Å². The first-order chi connectivity index (χ1) is 9.97. The Kier molecular flexibility index (Phi) is 5.34. The monoisotopic (exact) mass is 463 g/mol. The molecule has 0 spiro atoms. The van der Waals surface area contributed by atoms with Gasteiger partial charge in [-0.2, -0.15) is 0 Å². The van der Waals surface area contributed by atoms with Crippen molar-refractivity contribution in [3.05, 3.63) is 50.0 Å². The number of rotatable bonds is 5. The zero-order valence-corrected chi connectivity index (χ0v) is 14.4. The number of H-pyrrole nitrogens is 1. The molecule has 21 heavy (non-hydrogen) atoms. The zero-order chi connectivity index (χ0) is 15.4. The van der Waals surface area contributed by atoms with Crippen LogP contribution in [0.5, 0.6) is 0 Å². The molecule has 0 saturated carbocycles. The molecular weight excluding hydrogens is 453 g/mol. The van der Waals surface area contributed by atoms with Crippen molar-refractivity contribution in [2.45, 2.75) is 12.5 Å². The van der Waals surface area contributed by atoms with Gasteiger partial charge < -0.3 is 15.4 Å². The van der Waals surface area contributed by atoms with Crippen LogP contribution in [0.25, 0.3) is 0 Å². The molecule has 1 aromatic carbocycles. The first-order valence-corrected chi connectivity index (χ1v) is 7.80. The maximum atomic E-state index is 12.2. The highest BCUT2D eigenvalue weighted by molar-refractivity contribution is 14.1. The van der Waals surface area contributed by atoms with E-state index in [1.54, 1.807) is 12.1 Å². The molecule has 0 unspecified atom stereocenters. The van der Waals surface area contributed by atoms with Gasteiger partial charge in [0.15, 0.2) is 0 Å². The van der Waals surface area contributed by atoms with Crippen molar-refractivity contribution in [1.29, 1.82) is 0 Å². The van der Waals surface area contributed by atoms with Crippen LogP contribution in [0.1, 0.15) is 16.1 Å². The molecule has 2 aromatic rings. The van der Waals surface area contributed by atoms with Crippen LogP contribution in [0.4, 0.5) is 0 Å². The number of aromatic amines is 1. The smallest absolute Gasteiger partial charge is 0.326 e. The molecule has 0 saturated heterocycles. The number of benzene rings is 1. The number of carbonyl (C=O) groups excluding carboxylic acids is 1. The van der Waals surface area contributed by atoms with Crippen molar-refractivity contribution in [3.63, 3.8) is 0 Å². The van der Waals surface area contributed by atoms with Gasteiger partial charge in [-0.1, -0.05) is 0 Å². The fourth-order valence-corrected chi connectivity index (χ4v) is 2.64. The van der Waals surface area contributed by atoms with Crippen molar-refractivity contribution >= 4 is 50.4 Å². The average molecular weight is 464 g/mol. The summed E-state index contributed by atoms with van der Waals surface area (Å²) in [5.74, 6) is -1.54. The van der Waals surface area contributed by atoms with E-state index < -0.39 is 17.9 Å². The molecule has 0 aliphatic heterocycles. The predicted molar refractivity (Wildman–Crippen MR) is 88.0 cm³/mol. The lowest BCUT2D eigenvalue weighted by Gasteiger charge is -2.14. The maximum absolute atomic E-state index is 12.2. The molecule has 1 amide bonds. The molecule has 0 bridgehead atoms. The lowest BCUT2D eigenvalue weighted by Crippen LogP contribution is -2.42. The number of hydrogen-bond acceptors (Lipinski definition) is 3. The molecule has 0 aliphatic carbocycles. The summed E-state index contributed by atoms with van der Waals surface area (Å²) >= 11 is 5.38. The lowest BCUT2D eigenvalue weighted by molar-refractivity contribution is -0.139.